The van der Waals surface area contributed by atoms with Crippen LogP contribution in [0.3, 0.4) is 0 Å². The summed E-state index contributed by atoms with van der Waals surface area (Å²) in [4.78, 5) is 4.05. The van der Waals surface area contributed by atoms with Crippen LogP contribution >= 0.6 is 0 Å². The number of oxazole rings is 1. The van der Waals surface area contributed by atoms with Crippen molar-refractivity contribution in [1.82, 2.24) is 4.98 Å². The van der Waals surface area contributed by atoms with Gasteiger partial charge >= 0.3 is 6.08 Å². The molecule has 0 aromatic carbocycles. The van der Waals surface area contributed by atoms with Crippen molar-refractivity contribution in [2.75, 3.05) is 6.61 Å². The van der Waals surface area contributed by atoms with E-state index in [0.717, 1.165) is 12.2 Å². The molecular weight excluding hydrogens is 178 g/mol. The largest absolute Gasteiger partial charge is 0.450 e. The van der Waals surface area contributed by atoms with Gasteiger partial charge in [-0.05, 0) is 12.3 Å². The highest BCUT2D eigenvalue weighted by molar-refractivity contribution is 5.01. The van der Waals surface area contributed by atoms with Crippen molar-refractivity contribution in [3.05, 3.63) is 12.0 Å². The van der Waals surface area contributed by atoms with Crippen molar-refractivity contribution in [3.63, 3.8) is 0 Å². The van der Waals surface area contributed by atoms with E-state index >= 15 is 0 Å². The van der Waals surface area contributed by atoms with E-state index in [0.29, 0.717) is 24.5 Å². The van der Waals surface area contributed by atoms with Crippen LogP contribution in [-0.2, 0) is 0 Å². The fraction of sp³-hybridized carbons (Fsp3) is 0.727. The molecule has 1 aromatic heterocycles. The first-order valence-electron chi connectivity index (χ1n) is 5.18. The Morgan fingerprint density at radius 1 is 1.36 bits per heavy atom. The molecule has 14 heavy (non-hydrogen) atoms. The van der Waals surface area contributed by atoms with Gasteiger partial charge in [-0.15, -0.1) is 0 Å². The summed E-state index contributed by atoms with van der Waals surface area (Å²) in [5.74, 6) is 1.89. The fourth-order valence-corrected chi connectivity index (χ4v) is 0.985. The molecule has 80 valence electrons. The summed E-state index contributed by atoms with van der Waals surface area (Å²) in [5.41, 5.74) is 0. The second-order valence-electron chi connectivity index (χ2n) is 4.21. The molecule has 0 aliphatic carbocycles. The summed E-state index contributed by atoms with van der Waals surface area (Å²) in [5, 5.41) is 0. The standard InChI is InChI=1S/C11H19NO2/c1-8(2)5-6-13-11-12-7-10(14-11)9(3)4/h7-9H,5-6H2,1-4H3. The van der Waals surface area contributed by atoms with Crippen molar-refractivity contribution >= 4 is 0 Å². The Hall–Kier alpha value is -0.990. The van der Waals surface area contributed by atoms with Gasteiger partial charge < -0.3 is 9.15 Å². The summed E-state index contributed by atoms with van der Waals surface area (Å²) in [6.45, 7) is 9.14. The molecule has 0 radical (unpaired) electrons. The first-order chi connectivity index (χ1) is 6.59. The van der Waals surface area contributed by atoms with Gasteiger partial charge in [0.2, 0.25) is 0 Å². The average Bonchev–Trinajstić information content (AvgIpc) is 2.52. The van der Waals surface area contributed by atoms with Gasteiger partial charge in [-0.1, -0.05) is 27.7 Å². The molecule has 0 fully saturated rings. The highest BCUT2D eigenvalue weighted by atomic mass is 16.6. The maximum atomic E-state index is 5.39. The molecule has 0 aliphatic heterocycles. The zero-order chi connectivity index (χ0) is 10.6. The Morgan fingerprint density at radius 2 is 2.07 bits per heavy atom. The lowest BCUT2D eigenvalue weighted by molar-refractivity contribution is 0.209. The van der Waals surface area contributed by atoms with Gasteiger partial charge in [0, 0.05) is 5.92 Å². The molecule has 1 aromatic rings. The smallest absolute Gasteiger partial charge is 0.393 e. The number of hydrogen-bond donors (Lipinski definition) is 0. The first-order valence-corrected chi connectivity index (χ1v) is 5.18. The SMILES string of the molecule is CC(C)CCOc1ncc(C(C)C)o1. The van der Waals surface area contributed by atoms with Crippen LogP contribution in [0, 0.1) is 5.92 Å². The van der Waals surface area contributed by atoms with E-state index in [4.69, 9.17) is 9.15 Å². The zero-order valence-electron chi connectivity index (χ0n) is 9.41. The van der Waals surface area contributed by atoms with Crippen LogP contribution in [0.4, 0.5) is 0 Å². The van der Waals surface area contributed by atoms with Gasteiger partial charge in [0.1, 0.15) is 5.76 Å². The molecule has 0 spiro atoms. The van der Waals surface area contributed by atoms with Crippen LogP contribution in [0.15, 0.2) is 10.6 Å². The van der Waals surface area contributed by atoms with E-state index in [1.165, 1.54) is 0 Å². The zero-order valence-corrected chi connectivity index (χ0v) is 9.41. The molecule has 0 aliphatic rings. The third-order valence-corrected chi connectivity index (χ3v) is 1.99. The molecule has 3 nitrogen and oxygen atoms in total. The fourth-order valence-electron chi connectivity index (χ4n) is 0.985. The molecule has 1 rings (SSSR count). The minimum Gasteiger partial charge on any atom is -0.450 e. The molecule has 0 bridgehead atoms. The van der Waals surface area contributed by atoms with Gasteiger partial charge in [0.25, 0.3) is 0 Å². The minimum absolute atomic E-state index is 0.366. The molecule has 0 atom stereocenters. The van der Waals surface area contributed by atoms with Gasteiger partial charge in [0.15, 0.2) is 0 Å². The Kier molecular flexibility index (Phi) is 3.98. The molecule has 0 saturated heterocycles. The molecule has 0 N–H and O–H groups in total. The number of nitrogens with zero attached hydrogens (tertiary/aromatic N) is 1. The summed E-state index contributed by atoms with van der Waals surface area (Å²) >= 11 is 0. The quantitative estimate of drug-likeness (QED) is 0.727. The van der Waals surface area contributed by atoms with Gasteiger partial charge in [0.05, 0.1) is 12.8 Å². The van der Waals surface area contributed by atoms with Crippen LogP contribution in [0.5, 0.6) is 6.08 Å². The predicted molar refractivity (Wildman–Crippen MR) is 55.5 cm³/mol. The lowest BCUT2D eigenvalue weighted by atomic mass is 10.1. The van der Waals surface area contributed by atoms with Gasteiger partial charge in [-0.2, -0.15) is 4.98 Å². The molecule has 1 heterocycles. The molecule has 0 amide bonds. The van der Waals surface area contributed by atoms with E-state index in [9.17, 15) is 0 Å². The van der Waals surface area contributed by atoms with Crippen LogP contribution < -0.4 is 4.74 Å². The van der Waals surface area contributed by atoms with E-state index in [2.05, 4.69) is 32.7 Å². The third-order valence-electron chi connectivity index (χ3n) is 1.99. The lowest BCUT2D eigenvalue weighted by Crippen LogP contribution is -2.01. The van der Waals surface area contributed by atoms with E-state index < -0.39 is 0 Å². The average molecular weight is 197 g/mol. The summed E-state index contributed by atoms with van der Waals surface area (Å²) < 4.78 is 10.8. The monoisotopic (exact) mass is 197 g/mol. The van der Waals surface area contributed by atoms with Crippen molar-refractivity contribution in [2.45, 2.75) is 40.0 Å². The maximum Gasteiger partial charge on any atom is 0.393 e. The highest BCUT2D eigenvalue weighted by Crippen LogP contribution is 2.19. The van der Waals surface area contributed by atoms with Crippen LogP contribution in [0.25, 0.3) is 0 Å². The van der Waals surface area contributed by atoms with Crippen molar-refractivity contribution in [3.8, 4) is 6.08 Å². The van der Waals surface area contributed by atoms with E-state index in [-0.39, 0.29) is 0 Å². The number of aromatic nitrogens is 1. The second-order valence-corrected chi connectivity index (χ2v) is 4.21. The lowest BCUT2D eigenvalue weighted by Gasteiger charge is -2.03. The van der Waals surface area contributed by atoms with Crippen LogP contribution in [0.2, 0.25) is 0 Å². The third kappa shape index (κ3) is 3.40. The van der Waals surface area contributed by atoms with Crippen molar-refractivity contribution in [1.29, 1.82) is 0 Å². The summed E-state index contributed by atoms with van der Waals surface area (Å²) in [7, 11) is 0. The normalized spacial score (nSPS) is 11.3. The van der Waals surface area contributed by atoms with E-state index in [1.54, 1.807) is 6.20 Å². The molecular formula is C11H19NO2. The van der Waals surface area contributed by atoms with Crippen LogP contribution in [-0.4, -0.2) is 11.6 Å². The Morgan fingerprint density at radius 3 is 2.57 bits per heavy atom. The first kappa shape index (κ1) is 11.1. The van der Waals surface area contributed by atoms with Gasteiger partial charge in [-0.25, -0.2) is 0 Å². The summed E-state index contributed by atoms with van der Waals surface area (Å²) in [6.07, 6.45) is 3.16. The van der Waals surface area contributed by atoms with Crippen molar-refractivity contribution in [2.24, 2.45) is 5.92 Å². The highest BCUT2D eigenvalue weighted by Gasteiger charge is 2.07. The molecule has 0 saturated carbocycles. The van der Waals surface area contributed by atoms with E-state index in [1.807, 2.05) is 0 Å². The molecule has 3 heteroatoms. The number of ether oxygens (including phenoxy) is 1. The Balaban J connectivity index is 2.36. The van der Waals surface area contributed by atoms with Crippen molar-refractivity contribution < 1.29 is 9.15 Å². The number of hydrogen-bond acceptors (Lipinski definition) is 3. The predicted octanol–water partition coefficient (Wildman–Crippen LogP) is 3.22. The van der Waals surface area contributed by atoms with Gasteiger partial charge in [-0.3, -0.25) is 0 Å². The second kappa shape index (κ2) is 5.03. The Labute approximate surface area is 85.5 Å². The van der Waals surface area contributed by atoms with Crippen LogP contribution in [0.1, 0.15) is 45.8 Å². The molecule has 0 unspecified atom stereocenters. The Bertz CT molecular complexity index is 266. The summed E-state index contributed by atoms with van der Waals surface area (Å²) in [6, 6.07) is 0. The topological polar surface area (TPSA) is 35.3 Å². The number of rotatable bonds is 5. The maximum absolute atomic E-state index is 5.39. The minimum atomic E-state index is 0.366.